The molecule has 0 spiro atoms. The maximum Gasteiger partial charge on any atom is 0.269 e. The van der Waals surface area contributed by atoms with E-state index in [0.717, 1.165) is 5.56 Å². The average molecular weight is 232 g/mol. The zero-order valence-electron chi connectivity index (χ0n) is 9.13. The zero-order chi connectivity index (χ0) is 12.4. The Morgan fingerprint density at radius 3 is 2.59 bits per heavy atom. The van der Waals surface area contributed by atoms with Crippen LogP contribution >= 0.6 is 0 Å². The Labute approximate surface area is 98.3 Å². The van der Waals surface area contributed by atoms with E-state index in [9.17, 15) is 14.9 Å². The number of carbonyl (C=O) groups is 1. The van der Waals surface area contributed by atoms with Crippen LogP contribution in [0.2, 0.25) is 0 Å². The molecule has 1 aliphatic heterocycles. The minimum absolute atomic E-state index is 0.0146. The van der Waals surface area contributed by atoms with E-state index in [4.69, 9.17) is 0 Å². The number of nitrogens with zero attached hydrogens (tertiary/aromatic N) is 1. The van der Waals surface area contributed by atoms with Crippen molar-refractivity contribution in [3.63, 3.8) is 0 Å². The van der Waals surface area contributed by atoms with Crippen LogP contribution < -0.4 is 5.32 Å². The van der Waals surface area contributed by atoms with Gasteiger partial charge in [0.05, 0.1) is 11.0 Å². The van der Waals surface area contributed by atoms with Gasteiger partial charge in [-0.15, -0.1) is 6.58 Å². The number of non-ortho nitro benzene ring substituents is 1. The Bertz CT molecular complexity index is 467. The van der Waals surface area contributed by atoms with Gasteiger partial charge in [-0.2, -0.15) is 0 Å². The van der Waals surface area contributed by atoms with Gasteiger partial charge in [0.1, 0.15) is 0 Å². The quantitative estimate of drug-likeness (QED) is 0.490. The van der Waals surface area contributed by atoms with Crippen molar-refractivity contribution in [2.24, 2.45) is 0 Å². The topological polar surface area (TPSA) is 72.2 Å². The van der Waals surface area contributed by atoms with Crippen LogP contribution in [0.3, 0.4) is 0 Å². The summed E-state index contributed by atoms with van der Waals surface area (Å²) in [6.07, 6.45) is 2.09. The lowest BCUT2D eigenvalue weighted by Crippen LogP contribution is -2.25. The van der Waals surface area contributed by atoms with E-state index in [2.05, 4.69) is 11.9 Å². The van der Waals surface area contributed by atoms with Crippen LogP contribution in [-0.4, -0.2) is 16.9 Å². The van der Waals surface area contributed by atoms with Crippen LogP contribution in [0.4, 0.5) is 5.69 Å². The van der Waals surface area contributed by atoms with Crippen LogP contribution in [-0.2, 0) is 4.79 Å². The number of hydrogen-bond donors (Lipinski definition) is 1. The second-order valence-electron chi connectivity index (χ2n) is 3.99. The van der Waals surface area contributed by atoms with Gasteiger partial charge in [0.25, 0.3) is 5.69 Å². The van der Waals surface area contributed by atoms with Gasteiger partial charge in [-0.05, 0) is 5.56 Å². The largest absolute Gasteiger partial charge is 0.349 e. The first kappa shape index (κ1) is 11.3. The molecule has 1 aromatic rings. The summed E-state index contributed by atoms with van der Waals surface area (Å²) < 4.78 is 0. The molecule has 2 atom stereocenters. The summed E-state index contributed by atoms with van der Waals surface area (Å²) in [7, 11) is 0. The van der Waals surface area contributed by atoms with E-state index in [0.29, 0.717) is 6.42 Å². The second kappa shape index (κ2) is 4.37. The Morgan fingerprint density at radius 1 is 1.41 bits per heavy atom. The van der Waals surface area contributed by atoms with Crippen molar-refractivity contribution < 1.29 is 9.72 Å². The first-order valence-electron chi connectivity index (χ1n) is 5.28. The maximum absolute atomic E-state index is 11.3. The smallest absolute Gasteiger partial charge is 0.269 e. The van der Waals surface area contributed by atoms with E-state index < -0.39 is 4.92 Å². The van der Waals surface area contributed by atoms with Crippen molar-refractivity contribution in [1.82, 2.24) is 5.32 Å². The Morgan fingerprint density at radius 2 is 2.06 bits per heavy atom. The molecule has 0 aromatic heterocycles. The van der Waals surface area contributed by atoms with E-state index in [1.807, 2.05) is 0 Å². The van der Waals surface area contributed by atoms with Crippen LogP contribution in [0.25, 0.3) is 0 Å². The molecule has 1 N–H and O–H groups in total. The van der Waals surface area contributed by atoms with E-state index in [1.165, 1.54) is 12.1 Å². The van der Waals surface area contributed by atoms with Crippen LogP contribution in [0.5, 0.6) is 0 Å². The molecule has 0 aliphatic carbocycles. The highest BCUT2D eigenvalue weighted by atomic mass is 16.6. The third kappa shape index (κ3) is 2.18. The third-order valence-corrected chi connectivity index (χ3v) is 2.95. The molecule has 2 rings (SSSR count). The highest BCUT2D eigenvalue weighted by molar-refractivity contribution is 5.80. The molecule has 1 aliphatic rings. The lowest BCUT2D eigenvalue weighted by molar-refractivity contribution is -0.384. The molecule has 5 heteroatoms. The standard InChI is InChI=1S/C12H12N2O3/c1-2-11-10(7-12(15)13-11)8-3-5-9(6-4-8)14(16)17/h2-6,10-11H,1,7H2,(H,13,15). The molecular weight excluding hydrogens is 220 g/mol. The van der Waals surface area contributed by atoms with Gasteiger partial charge in [-0.1, -0.05) is 18.2 Å². The van der Waals surface area contributed by atoms with Gasteiger partial charge in [0, 0.05) is 24.5 Å². The molecule has 17 heavy (non-hydrogen) atoms. The van der Waals surface area contributed by atoms with Gasteiger partial charge in [-0.3, -0.25) is 14.9 Å². The number of rotatable bonds is 3. The lowest BCUT2D eigenvalue weighted by atomic mass is 9.92. The molecule has 1 aromatic carbocycles. The van der Waals surface area contributed by atoms with Crippen LogP contribution in [0, 0.1) is 10.1 Å². The first-order valence-corrected chi connectivity index (χ1v) is 5.28. The monoisotopic (exact) mass is 232 g/mol. The lowest BCUT2D eigenvalue weighted by Gasteiger charge is -2.14. The highest BCUT2D eigenvalue weighted by Gasteiger charge is 2.31. The molecule has 2 unspecified atom stereocenters. The molecule has 0 bridgehead atoms. The first-order chi connectivity index (χ1) is 8.11. The van der Waals surface area contributed by atoms with E-state index in [1.54, 1.807) is 18.2 Å². The van der Waals surface area contributed by atoms with E-state index >= 15 is 0 Å². The predicted octanol–water partition coefficient (Wildman–Crippen LogP) is 1.75. The fourth-order valence-electron chi connectivity index (χ4n) is 2.06. The molecule has 1 saturated heterocycles. The maximum atomic E-state index is 11.3. The van der Waals surface area contributed by atoms with Crippen molar-refractivity contribution >= 4 is 11.6 Å². The molecule has 5 nitrogen and oxygen atoms in total. The predicted molar refractivity (Wildman–Crippen MR) is 62.6 cm³/mol. The summed E-state index contributed by atoms with van der Waals surface area (Å²) in [6.45, 7) is 3.68. The van der Waals surface area contributed by atoms with Crippen molar-refractivity contribution in [1.29, 1.82) is 0 Å². The SMILES string of the molecule is C=CC1NC(=O)CC1c1ccc([N+](=O)[O-])cc1. The molecular formula is C12H12N2O3. The zero-order valence-corrected chi connectivity index (χ0v) is 9.13. The number of nitro groups is 1. The van der Waals surface area contributed by atoms with Crippen molar-refractivity contribution in [2.45, 2.75) is 18.4 Å². The highest BCUT2D eigenvalue weighted by Crippen LogP contribution is 2.29. The number of carbonyl (C=O) groups excluding carboxylic acids is 1. The molecule has 0 radical (unpaired) electrons. The van der Waals surface area contributed by atoms with Crippen molar-refractivity contribution in [3.05, 3.63) is 52.6 Å². The number of benzene rings is 1. The summed E-state index contributed by atoms with van der Waals surface area (Å²) in [6, 6.07) is 6.21. The second-order valence-corrected chi connectivity index (χ2v) is 3.99. The van der Waals surface area contributed by atoms with E-state index in [-0.39, 0.29) is 23.6 Å². The fraction of sp³-hybridized carbons (Fsp3) is 0.250. The Hall–Kier alpha value is -2.17. The summed E-state index contributed by atoms with van der Waals surface area (Å²) >= 11 is 0. The Kier molecular flexibility index (Phi) is 2.91. The molecule has 88 valence electrons. The summed E-state index contributed by atoms with van der Waals surface area (Å²) in [5.41, 5.74) is 0.972. The van der Waals surface area contributed by atoms with Crippen LogP contribution in [0.15, 0.2) is 36.9 Å². The molecule has 0 saturated carbocycles. The molecule has 1 amide bonds. The van der Waals surface area contributed by atoms with Crippen molar-refractivity contribution in [2.75, 3.05) is 0 Å². The van der Waals surface area contributed by atoms with Gasteiger partial charge in [-0.25, -0.2) is 0 Å². The molecule has 1 fully saturated rings. The fourth-order valence-corrected chi connectivity index (χ4v) is 2.06. The minimum atomic E-state index is -0.438. The van der Waals surface area contributed by atoms with Gasteiger partial charge in [0.15, 0.2) is 0 Å². The van der Waals surface area contributed by atoms with Gasteiger partial charge >= 0.3 is 0 Å². The summed E-state index contributed by atoms with van der Waals surface area (Å²) in [5, 5.41) is 13.3. The van der Waals surface area contributed by atoms with Crippen LogP contribution in [0.1, 0.15) is 17.9 Å². The summed E-state index contributed by atoms with van der Waals surface area (Å²) in [5.74, 6) is -0.000873. The number of amides is 1. The number of nitrogens with one attached hydrogen (secondary N) is 1. The third-order valence-electron chi connectivity index (χ3n) is 2.95. The summed E-state index contributed by atoms with van der Waals surface area (Å²) in [4.78, 5) is 21.4. The van der Waals surface area contributed by atoms with Gasteiger partial charge in [0.2, 0.25) is 5.91 Å². The Balaban J connectivity index is 2.25. The van der Waals surface area contributed by atoms with Crippen molar-refractivity contribution in [3.8, 4) is 0 Å². The number of nitro benzene ring substituents is 1. The number of hydrogen-bond acceptors (Lipinski definition) is 3. The normalized spacial score (nSPS) is 23.2. The van der Waals surface area contributed by atoms with Gasteiger partial charge < -0.3 is 5.32 Å². The average Bonchev–Trinajstić information content (AvgIpc) is 2.70. The molecule has 1 heterocycles. The minimum Gasteiger partial charge on any atom is -0.349 e.